The van der Waals surface area contributed by atoms with Gasteiger partial charge < -0.3 is 20.4 Å². The molecule has 2 aliphatic heterocycles. The van der Waals surface area contributed by atoms with E-state index in [1.807, 2.05) is 12.3 Å². The van der Waals surface area contributed by atoms with Crippen LogP contribution in [0.25, 0.3) is 11.4 Å². The third-order valence-electron chi connectivity index (χ3n) is 6.81. The van der Waals surface area contributed by atoms with E-state index in [2.05, 4.69) is 14.9 Å². The number of rotatable bonds is 4. The van der Waals surface area contributed by atoms with Gasteiger partial charge in [0.1, 0.15) is 11.6 Å². The van der Waals surface area contributed by atoms with Crippen molar-refractivity contribution in [1.29, 1.82) is 0 Å². The van der Waals surface area contributed by atoms with E-state index in [1.54, 1.807) is 0 Å². The molecule has 0 atom stereocenters. The van der Waals surface area contributed by atoms with Crippen LogP contribution in [-0.2, 0) is 6.42 Å². The second-order valence-corrected chi connectivity index (χ2v) is 9.05. The normalized spacial score (nSPS) is 21.2. The first kappa shape index (κ1) is 18.3. The quantitative estimate of drug-likeness (QED) is 0.735. The van der Waals surface area contributed by atoms with E-state index in [4.69, 9.17) is 22.1 Å². The number of ether oxygens (including phenoxy) is 1. The van der Waals surface area contributed by atoms with E-state index in [0.717, 1.165) is 41.5 Å². The monoisotopic (exact) mass is 400 g/mol. The van der Waals surface area contributed by atoms with E-state index >= 15 is 0 Å². The van der Waals surface area contributed by atoms with Crippen LogP contribution in [0.4, 0.5) is 5.69 Å². The molecule has 1 saturated carbocycles. The van der Waals surface area contributed by atoms with Crippen molar-refractivity contribution >= 4 is 17.3 Å². The fraction of sp³-hybridized carbons (Fsp3) is 0.591. The first-order valence-corrected chi connectivity index (χ1v) is 11.1. The minimum atomic E-state index is 0.555. The third kappa shape index (κ3) is 3.39. The molecule has 0 radical (unpaired) electrons. The Morgan fingerprint density at radius 3 is 2.79 bits per heavy atom. The van der Waals surface area contributed by atoms with E-state index < -0.39 is 0 Å². The Labute approximate surface area is 171 Å². The number of anilines is 1. The van der Waals surface area contributed by atoms with Gasteiger partial charge in [-0.25, -0.2) is 4.98 Å². The van der Waals surface area contributed by atoms with Gasteiger partial charge in [0.25, 0.3) is 0 Å². The highest BCUT2D eigenvalue weighted by Crippen LogP contribution is 2.42. The largest absolute Gasteiger partial charge is 0.492 e. The predicted molar refractivity (Wildman–Crippen MR) is 113 cm³/mol. The number of hydrogen-bond acceptors (Lipinski definition) is 4. The van der Waals surface area contributed by atoms with Crippen LogP contribution in [0.3, 0.4) is 0 Å². The molecule has 3 heterocycles. The van der Waals surface area contributed by atoms with E-state index in [1.165, 1.54) is 57.4 Å². The van der Waals surface area contributed by atoms with E-state index in [-0.39, 0.29) is 0 Å². The van der Waals surface area contributed by atoms with Gasteiger partial charge >= 0.3 is 0 Å². The standard InChI is InChI=1S/C22H29ClN4O/c23-18-11-17(21-16(20(18)24)5-2-10-28-21)22-25-12-19(26-22)15-6-8-27(9-7-15)13-14-3-1-4-14/h11-12,14-15H,1-10,13,24H2,(H,25,26). The first-order chi connectivity index (χ1) is 13.7. The van der Waals surface area contributed by atoms with Gasteiger partial charge in [0.2, 0.25) is 0 Å². The Bertz CT molecular complexity index is 852. The van der Waals surface area contributed by atoms with Crippen molar-refractivity contribution in [2.24, 2.45) is 5.92 Å². The molecule has 1 aromatic heterocycles. The number of nitrogen functional groups attached to an aromatic ring is 1. The number of aromatic nitrogens is 2. The summed E-state index contributed by atoms with van der Waals surface area (Å²) in [6, 6.07) is 1.89. The fourth-order valence-electron chi connectivity index (χ4n) is 4.86. The van der Waals surface area contributed by atoms with Crippen LogP contribution in [0.15, 0.2) is 12.3 Å². The molecular formula is C22H29ClN4O. The SMILES string of the molecule is Nc1c(Cl)cc(-c2ncc(C3CCN(CC4CCC4)CC3)[nH]2)c2c1CCCO2. The zero-order valence-electron chi connectivity index (χ0n) is 16.3. The summed E-state index contributed by atoms with van der Waals surface area (Å²) in [6.45, 7) is 4.41. The zero-order chi connectivity index (χ0) is 19.1. The number of aromatic amines is 1. The summed E-state index contributed by atoms with van der Waals surface area (Å²) < 4.78 is 5.96. The van der Waals surface area contributed by atoms with Gasteiger partial charge in [-0.1, -0.05) is 18.0 Å². The molecule has 5 rings (SSSR count). The molecule has 2 aromatic rings. The number of halogens is 1. The number of piperidine rings is 1. The molecule has 0 amide bonds. The summed E-state index contributed by atoms with van der Waals surface area (Å²) in [5.41, 5.74) is 10.0. The number of likely N-dealkylation sites (tertiary alicyclic amines) is 1. The number of imidazole rings is 1. The van der Waals surface area contributed by atoms with Crippen molar-refractivity contribution in [3.63, 3.8) is 0 Å². The van der Waals surface area contributed by atoms with Crippen LogP contribution in [-0.4, -0.2) is 41.1 Å². The van der Waals surface area contributed by atoms with Crippen LogP contribution < -0.4 is 10.5 Å². The summed E-state index contributed by atoms with van der Waals surface area (Å²) in [4.78, 5) is 10.9. The van der Waals surface area contributed by atoms with Gasteiger partial charge in [-0.3, -0.25) is 0 Å². The minimum Gasteiger partial charge on any atom is -0.492 e. The second-order valence-electron chi connectivity index (χ2n) is 8.64. The lowest BCUT2D eigenvalue weighted by Crippen LogP contribution is -2.38. The Balaban J connectivity index is 1.32. The summed E-state index contributed by atoms with van der Waals surface area (Å²) in [7, 11) is 0. The number of hydrogen-bond donors (Lipinski definition) is 2. The number of benzene rings is 1. The lowest BCUT2D eigenvalue weighted by Gasteiger charge is -2.36. The van der Waals surface area contributed by atoms with Gasteiger partial charge in [0.05, 0.1) is 22.9 Å². The van der Waals surface area contributed by atoms with E-state index in [9.17, 15) is 0 Å². The highest BCUT2D eigenvalue weighted by Gasteiger charge is 2.27. The average Bonchev–Trinajstić information content (AvgIpc) is 3.18. The highest BCUT2D eigenvalue weighted by atomic mass is 35.5. The lowest BCUT2D eigenvalue weighted by molar-refractivity contribution is 0.146. The van der Waals surface area contributed by atoms with Gasteiger partial charge in [0.15, 0.2) is 0 Å². The molecule has 1 saturated heterocycles. The maximum absolute atomic E-state index is 6.40. The molecule has 5 nitrogen and oxygen atoms in total. The van der Waals surface area contributed by atoms with Gasteiger partial charge in [0, 0.05) is 29.9 Å². The molecule has 3 aliphatic rings. The third-order valence-corrected chi connectivity index (χ3v) is 7.12. The number of nitrogens with two attached hydrogens (primary N) is 1. The van der Waals surface area contributed by atoms with Crippen molar-refractivity contribution in [1.82, 2.24) is 14.9 Å². The molecule has 1 aliphatic carbocycles. The minimum absolute atomic E-state index is 0.555. The molecule has 0 spiro atoms. The predicted octanol–water partition coefficient (Wildman–Crippen LogP) is 4.62. The molecule has 28 heavy (non-hydrogen) atoms. The number of fused-ring (bicyclic) bond motifs is 1. The maximum atomic E-state index is 6.40. The van der Waals surface area contributed by atoms with Gasteiger partial charge in [-0.05, 0) is 63.6 Å². The van der Waals surface area contributed by atoms with Crippen molar-refractivity contribution in [2.45, 2.75) is 50.9 Å². The summed E-state index contributed by atoms with van der Waals surface area (Å²) in [5, 5.41) is 0.585. The first-order valence-electron chi connectivity index (χ1n) is 10.7. The van der Waals surface area contributed by atoms with Crippen LogP contribution >= 0.6 is 11.6 Å². The summed E-state index contributed by atoms with van der Waals surface area (Å²) in [5.74, 6) is 3.20. The molecule has 0 bridgehead atoms. The van der Waals surface area contributed by atoms with E-state index in [0.29, 0.717) is 23.2 Å². The molecular weight excluding hydrogens is 372 g/mol. The molecule has 6 heteroatoms. The fourth-order valence-corrected chi connectivity index (χ4v) is 5.08. The Kier molecular flexibility index (Phi) is 4.97. The van der Waals surface area contributed by atoms with Gasteiger partial charge in [-0.15, -0.1) is 0 Å². The zero-order valence-corrected chi connectivity index (χ0v) is 17.1. The van der Waals surface area contributed by atoms with Crippen molar-refractivity contribution in [2.75, 3.05) is 32.0 Å². The van der Waals surface area contributed by atoms with Crippen molar-refractivity contribution in [3.8, 4) is 17.1 Å². The number of H-pyrrole nitrogens is 1. The Morgan fingerprint density at radius 1 is 1.21 bits per heavy atom. The molecule has 2 fully saturated rings. The van der Waals surface area contributed by atoms with Crippen LogP contribution in [0.5, 0.6) is 5.75 Å². The Hall–Kier alpha value is -1.72. The summed E-state index contributed by atoms with van der Waals surface area (Å²) in [6.07, 6.45) is 10.6. The molecule has 1 aromatic carbocycles. The average molecular weight is 401 g/mol. The molecule has 3 N–H and O–H groups in total. The topological polar surface area (TPSA) is 67.2 Å². The van der Waals surface area contributed by atoms with Crippen LogP contribution in [0, 0.1) is 5.92 Å². The van der Waals surface area contributed by atoms with Crippen molar-refractivity contribution < 1.29 is 4.74 Å². The second kappa shape index (κ2) is 7.60. The van der Waals surface area contributed by atoms with Crippen LogP contribution in [0.1, 0.15) is 55.7 Å². The molecule has 0 unspecified atom stereocenters. The van der Waals surface area contributed by atoms with Crippen LogP contribution in [0.2, 0.25) is 5.02 Å². The number of nitrogens with one attached hydrogen (secondary N) is 1. The maximum Gasteiger partial charge on any atom is 0.141 e. The van der Waals surface area contributed by atoms with Gasteiger partial charge in [-0.2, -0.15) is 0 Å². The number of nitrogens with zero attached hydrogens (tertiary/aromatic N) is 2. The molecule has 150 valence electrons. The lowest BCUT2D eigenvalue weighted by atomic mass is 9.84. The highest BCUT2D eigenvalue weighted by molar-refractivity contribution is 6.33. The smallest absolute Gasteiger partial charge is 0.141 e. The Morgan fingerprint density at radius 2 is 2.04 bits per heavy atom. The van der Waals surface area contributed by atoms with Crippen molar-refractivity contribution in [3.05, 3.63) is 28.5 Å². The summed E-state index contributed by atoms with van der Waals surface area (Å²) >= 11 is 6.40.